The Morgan fingerprint density at radius 3 is 3.00 bits per heavy atom. The molecule has 1 aromatic heterocycles. The minimum atomic E-state index is -0.921. The maximum absolute atomic E-state index is 10.5. The largest absolute Gasteiger partial charge is 0.412 e. The second kappa shape index (κ2) is 5.38. The Kier molecular flexibility index (Phi) is 3.64. The van der Waals surface area contributed by atoms with Gasteiger partial charge in [0.1, 0.15) is 0 Å². The van der Waals surface area contributed by atoms with E-state index < -0.39 is 6.09 Å². The van der Waals surface area contributed by atoms with Gasteiger partial charge in [-0.25, -0.2) is 9.78 Å². The lowest BCUT2D eigenvalue weighted by molar-refractivity contribution is 0.207. The summed E-state index contributed by atoms with van der Waals surface area (Å²) in [7, 11) is 0. The van der Waals surface area contributed by atoms with Gasteiger partial charge in [0, 0.05) is 12.4 Å². The zero-order valence-corrected chi connectivity index (χ0v) is 9.37. The van der Waals surface area contributed by atoms with Crippen LogP contribution in [0.4, 0.5) is 4.79 Å². The molecule has 2 rings (SSSR count). The summed E-state index contributed by atoms with van der Waals surface area (Å²) >= 11 is 0. The van der Waals surface area contributed by atoms with Crippen molar-refractivity contribution < 1.29 is 9.53 Å². The van der Waals surface area contributed by atoms with Crippen molar-refractivity contribution in [3.63, 3.8) is 0 Å². The number of amides is 1. The highest BCUT2D eigenvalue weighted by molar-refractivity contribution is 5.77. The van der Waals surface area contributed by atoms with Gasteiger partial charge in [-0.15, -0.1) is 0 Å². The number of ether oxygens (including phenoxy) is 1. The first-order chi connectivity index (χ1) is 8.24. The second-order valence-electron chi connectivity index (χ2n) is 3.90. The Morgan fingerprint density at radius 2 is 2.29 bits per heavy atom. The fourth-order valence-corrected chi connectivity index (χ4v) is 1.80. The molecule has 0 atom stereocenters. The number of aromatic nitrogens is 2. The molecule has 0 aliphatic heterocycles. The number of nitrogens with two attached hydrogens (primary N) is 1. The zero-order chi connectivity index (χ0) is 12.1. The normalized spacial score (nSPS) is 16.5. The Hall–Kier alpha value is -1.98. The fraction of sp³-hybridized carbons (Fsp3) is 0.455. The van der Waals surface area contributed by atoms with E-state index in [1.807, 2.05) is 0 Å². The van der Waals surface area contributed by atoms with E-state index in [0.29, 0.717) is 11.7 Å². The molecule has 1 aliphatic carbocycles. The summed E-state index contributed by atoms with van der Waals surface area (Å²) in [5.41, 5.74) is 5.49. The number of rotatable bonds is 3. The molecule has 1 heterocycles. The van der Waals surface area contributed by atoms with Gasteiger partial charge in [0.25, 0.3) is 0 Å². The molecule has 0 aromatic carbocycles. The first kappa shape index (κ1) is 11.5. The van der Waals surface area contributed by atoms with E-state index in [4.69, 9.17) is 5.73 Å². The van der Waals surface area contributed by atoms with E-state index in [0.717, 1.165) is 12.8 Å². The number of nitrogens with zero attached hydrogens (tertiary/aromatic N) is 3. The lowest BCUT2D eigenvalue weighted by atomic mass is 10.3. The highest BCUT2D eigenvalue weighted by atomic mass is 16.6. The Balaban J connectivity index is 2.02. The Bertz CT molecular complexity index is 427. The average molecular weight is 234 g/mol. The highest BCUT2D eigenvalue weighted by Gasteiger charge is 2.12. The van der Waals surface area contributed by atoms with Crippen molar-refractivity contribution in [3.8, 4) is 6.01 Å². The number of primary amides is 1. The first-order valence-corrected chi connectivity index (χ1v) is 5.57. The third kappa shape index (κ3) is 3.51. The van der Waals surface area contributed by atoms with E-state index >= 15 is 0 Å². The van der Waals surface area contributed by atoms with Gasteiger partial charge in [0.05, 0.1) is 11.7 Å². The van der Waals surface area contributed by atoms with Crippen molar-refractivity contribution in [2.75, 3.05) is 0 Å². The molecule has 6 nitrogen and oxygen atoms in total. The van der Waals surface area contributed by atoms with Gasteiger partial charge < -0.3 is 10.5 Å². The van der Waals surface area contributed by atoms with Crippen LogP contribution in [-0.4, -0.2) is 28.3 Å². The molecule has 0 saturated heterocycles. The summed E-state index contributed by atoms with van der Waals surface area (Å²) in [6.07, 6.45) is 7.00. The summed E-state index contributed by atoms with van der Waals surface area (Å²) < 4.78 is 4.58. The summed E-state index contributed by atoms with van der Waals surface area (Å²) in [6.45, 7) is 0. The second-order valence-corrected chi connectivity index (χ2v) is 3.90. The molecule has 0 spiro atoms. The first-order valence-electron chi connectivity index (χ1n) is 5.57. The molecule has 17 heavy (non-hydrogen) atoms. The van der Waals surface area contributed by atoms with Crippen LogP contribution in [0.5, 0.6) is 6.01 Å². The van der Waals surface area contributed by atoms with Crippen molar-refractivity contribution in [2.24, 2.45) is 10.7 Å². The van der Waals surface area contributed by atoms with Crippen molar-refractivity contribution in [1.82, 2.24) is 9.97 Å². The lowest BCUT2D eigenvalue weighted by Crippen LogP contribution is -2.18. The molecule has 1 aromatic rings. The lowest BCUT2D eigenvalue weighted by Gasteiger charge is -2.01. The van der Waals surface area contributed by atoms with Crippen molar-refractivity contribution in [2.45, 2.75) is 31.7 Å². The monoisotopic (exact) mass is 234 g/mol. The van der Waals surface area contributed by atoms with Gasteiger partial charge in [-0.1, -0.05) is 12.8 Å². The smallest absolute Gasteiger partial charge is 0.374 e. The quantitative estimate of drug-likeness (QED) is 0.798. The van der Waals surface area contributed by atoms with Crippen LogP contribution in [0.3, 0.4) is 0 Å². The van der Waals surface area contributed by atoms with Gasteiger partial charge in [-0.2, -0.15) is 4.98 Å². The molecule has 1 aliphatic rings. The zero-order valence-electron chi connectivity index (χ0n) is 9.37. The van der Waals surface area contributed by atoms with Gasteiger partial charge in [0.2, 0.25) is 0 Å². The number of hydrogen-bond donors (Lipinski definition) is 1. The van der Waals surface area contributed by atoms with Crippen LogP contribution in [0.1, 0.15) is 31.4 Å². The van der Waals surface area contributed by atoms with Crippen molar-refractivity contribution in [3.05, 3.63) is 18.0 Å². The number of carbonyl (C=O) groups is 1. The number of carbonyl (C=O) groups excluding carboxylic acids is 1. The minimum Gasteiger partial charge on any atom is -0.374 e. The Labute approximate surface area is 98.9 Å². The molecular weight excluding hydrogens is 220 g/mol. The number of hydrogen-bond acceptors (Lipinski definition) is 5. The van der Waals surface area contributed by atoms with Crippen LogP contribution in [-0.2, 0) is 0 Å². The third-order valence-corrected chi connectivity index (χ3v) is 2.59. The maximum atomic E-state index is 10.5. The van der Waals surface area contributed by atoms with Gasteiger partial charge in [-0.3, -0.25) is 4.99 Å². The van der Waals surface area contributed by atoms with Gasteiger partial charge in [-0.05, 0) is 18.9 Å². The van der Waals surface area contributed by atoms with E-state index in [9.17, 15) is 4.79 Å². The number of aliphatic imine (C=N–C) groups is 1. The van der Waals surface area contributed by atoms with E-state index in [1.165, 1.54) is 19.0 Å². The van der Waals surface area contributed by atoms with Gasteiger partial charge >= 0.3 is 12.1 Å². The molecule has 1 saturated carbocycles. The topological polar surface area (TPSA) is 90.5 Å². The molecule has 0 bridgehead atoms. The standard InChI is InChI=1S/C11H14N4O2/c12-10(16)17-11-13-6-5-9(15-11)7-14-8-3-1-2-4-8/h5-8H,1-4H2,(H2,12,16). The maximum Gasteiger partial charge on any atom is 0.412 e. The molecule has 90 valence electrons. The summed E-state index contributed by atoms with van der Waals surface area (Å²) in [6, 6.07) is 2.05. The summed E-state index contributed by atoms with van der Waals surface area (Å²) in [5, 5.41) is 0. The highest BCUT2D eigenvalue weighted by Crippen LogP contribution is 2.20. The van der Waals surface area contributed by atoms with Gasteiger partial charge in [0.15, 0.2) is 0 Å². The van der Waals surface area contributed by atoms with Crippen LogP contribution in [0, 0.1) is 0 Å². The van der Waals surface area contributed by atoms with E-state index in [1.54, 1.807) is 12.3 Å². The predicted molar refractivity (Wildman–Crippen MR) is 62.1 cm³/mol. The van der Waals surface area contributed by atoms with Crippen molar-refractivity contribution in [1.29, 1.82) is 0 Å². The predicted octanol–water partition coefficient (Wildman–Crippen LogP) is 1.30. The molecule has 0 radical (unpaired) electrons. The van der Waals surface area contributed by atoms with Crippen LogP contribution in [0.25, 0.3) is 0 Å². The van der Waals surface area contributed by atoms with Crippen molar-refractivity contribution >= 4 is 12.3 Å². The molecular formula is C11H14N4O2. The molecule has 0 unspecified atom stereocenters. The Morgan fingerprint density at radius 1 is 1.53 bits per heavy atom. The van der Waals surface area contributed by atoms with Crippen LogP contribution in [0.2, 0.25) is 0 Å². The summed E-state index contributed by atoms with van der Waals surface area (Å²) in [5.74, 6) is 0. The molecule has 2 N–H and O–H groups in total. The third-order valence-electron chi connectivity index (χ3n) is 2.59. The van der Waals surface area contributed by atoms with E-state index in [-0.39, 0.29) is 6.01 Å². The molecule has 1 fully saturated rings. The fourth-order valence-electron chi connectivity index (χ4n) is 1.80. The SMILES string of the molecule is NC(=O)Oc1nccc(C=NC2CCCC2)n1. The molecule has 1 amide bonds. The van der Waals surface area contributed by atoms with Crippen LogP contribution in [0.15, 0.2) is 17.3 Å². The van der Waals surface area contributed by atoms with Crippen LogP contribution >= 0.6 is 0 Å². The van der Waals surface area contributed by atoms with E-state index in [2.05, 4.69) is 19.7 Å². The average Bonchev–Trinajstić information content (AvgIpc) is 2.79. The summed E-state index contributed by atoms with van der Waals surface area (Å²) in [4.78, 5) is 22.7. The van der Waals surface area contributed by atoms with Crippen LogP contribution < -0.4 is 10.5 Å². The minimum absolute atomic E-state index is 0.0483. The molecule has 6 heteroatoms.